The fourth-order valence-corrected chi connectivity index (χ4v) is 2.09. The lowest BCUT2D eigenvalue weighted by atomic mass is 10.2. The van der Waals surface area contributed by atoms with E-state index in [1.165, 1.54) is 0 Å². The van der Waals surface area contributed by atoms with E-state index in [1.807, 2.05) is 43.7 Å². The molecule has 0 atom stereocenters. The molecule has 0 spiro atoms. The van der Waals surface area contributed by atoms with E-state index in [0.29, 0.717) is 0 Å². The molecule has 0 radical (unpaired) electrons. The van der Waals surface area contributed by atoms with E-state index in [4.69, 9.17) is 0 Å². The molecule has 0 aliphatic carbocycles. The Morgan fingerprint density at radius 1 is 1.10 bits per heavy atom. The molecule has 0 N–H and O–H groups in total. The van der Waals surface area contributed by atoms with Gasteiger partial charge in [-0.15, -0.1) is 0 Å². The van der Waals surface area contributed by atoms with Crippen LogP contribution in [0.3, 0.4) is 0 Å². The number of aryl methyl sites for hydroxylation is 1. The highest BCUT2D eigenvalue weighted by Gasteiger charge is 2.07. The quantitative estimate of drug-likeness (QED) is 0.806. The molecule has 2 heterocycles. The average Bonchev–Trinajstić information content (AvgIpc) is 2.87. The number of rotatable bonds is 6. The van der Waals surface area contributed by atoms with Gasteiger partial charge < -0.3 is 14.4 Å². The van der Waals surface area contributed by atoms with Gasteiger partial charge in [0.15, 0.2) is 0 Å². The molecule has 0 aromatic carbocycles. The minimum absolute atomic E-state index is 0.958. The molecule has 2 rings (SSSR count). The molecule has 2 aromatic rings. The molecular formula is C15H23N5. The second-order valence-electron chi connectivity index (χ2n) is 5.40. The maximum atomic E-state index is 4.45. The van der Waals surface area contributed by atoms with Gasteiger partial charge in [0.25, 0.3) is 0 Å². The van der Waals surface area contributed by atoms with Crippen molar-refractivity contribution in [2.24, 2.45) is 0 Å². The van der Waals surface area contributed by atoms with Crippen molar-refractivity contribution < 1.29 is 0 Å². The van der Waals surface area contributed by atoms with Crippen LogP contribution in [0.4, 0.5) is 5.82 Å². The topological polar surface area (TPSA) is 37.2 Å². The molecule has 0 aliphatic rings. The molecule has 0 fully saturated rings. The highest BCUT2D eigenvalue weighted by Crippen LogP contribution is 2.19. The summed E-state index contributed by atoms with van der Waals surface area (Å²) in [6, 6.07) is 4.10. The normalized spacial score (nSPS) is 11.1. The van der Waals surface area contributed by atoms with Crippen LogP contribution in [0.15, 0.2) is 30.7 Å². The lowest BCUT2D eigenvalue weighted by molar-refractivity contribution is 0.387. The van der Waals surface area contributed by atoms with Gasteiger partial charge in [0.1, 0.15) is 11.6 Å². The van der Waals surface area contributed by atoms with E-state index in [2.05, 4.69) is 39.6 Å². The SMILES string of the molecule is CN(C)CCCn1ccnc1-c1ccc(N(C)C)nc1. The van der Waals surface area contributed by atoms with Crippen LogP contribution in [0, 0.1) is 0 Å². The van der Waals surface area contributed by atoms with Gasteiger partial charge in [-0.2, -0.15) is 0 Å². The number of imidazole rings is 1. The molecule has 0 saturated heterocycles. The monoisotopic (exact) mass is 273 g/mol. The third kappa shape index (κ3) is 3.57. The second kappa shape index (κ2) is 6.52. The molecule has 0 saturated carbocycles. The van der Waals surface area contributed by atoms with Gasteiger partial charge in [-0.05, 0) is 39.2 Å². The first-order valence-electron chi connectivity index (χ1n) is 6.87. The Labute approximate surface area is 120 Å². The van der Waals surface area contributed by atoms with Gasteiger partial charge in [-0.1, -0.05) is 0 Å². The van der Waals surface area contributed by atoms with E-state index in [9.17, 15) is 0 Å². The van der Waals surface area contributed by atoms with Crippen LogP contribution in [-0.2, 0) is 6.54 Å². The number of hydrogen-bond donors (Lipinski definition) is 0. The van der Waals surface area contributed by atoms with Crippen molar-refractivity contribution in [1.29, 1.82) is 0 Å². The van der Waals surface area contributed by atoms with Crippen LogP contribution in [0.1, 0.15) is 6.42 Å². The van der Waals surface area contributed by atoms with Gasteiger partial charge in [-0.25, -0.2) is 9.97 Å². The van der Waals surface area contributed by atoms with E-state index < -0.39 is 0 Å². The molecule has 5 nitrogen and oxygen atoms in total. The molecule has 0 amide bonds. The van der Waals surface area contributed by atoms with Crippen molar-refractivity contribution in [3.8, 4) is 11.4 Å². The molecule has 5 heteroatoms. The molecule has 0 bridgehead atoms. The summed E-state index contributed by atoms with van der Waals surface area (Å²) < 4.78 is 2.19. The van der Waals surface area contributed by atoms with Gasteiger partial charge in [-0.3, -0.25) is 0 Å². The van der Waals surface area contributed by atoms with Crippen LogP contribution in [-0.4, -0.2) is 54.2 Å². The molecule has 0 unspecified atom stereocenters. The van der Waals surface area contributed by atoms with E-state index >= 15 is 0 Å². The molecule has 108 valence electrons. The zero-order valence-corrected chi connectivity index (χ0v) is 12.7. The number of anilines is 1. The van der Waals surface area contributed by atoms with E-state index in [-0.39, 0.29) is 0 Å². The summed E-state index contributed by atoms with van der Waals surface area (Å²) >= 11 is 0. The first-order valence-corrected chi connectivity index (χ1v) is 6.87. The summed E-state index contributed by atoms with van der Waals surface area (Å²) in [5.41, 5.74) is 1.06. The predicted octanol–water partition coefficient (Wildman–Crippen LogP) is 1.96. The summed E-state index contributed by atoms with van der Waals surface area (Å²) in [4.78, 5) is 13.1. The van der Waals surface area contributed by atoms with E-state index in [0.717, 1.165) is 36.7 Å². The Bertz CT molecular complexity index is 527. The summed E-state index contributed by atoms with van der Waals surface area (Å²) in [6.45, 7) is 2.05. The third-order valence-corrected chi connectivity index (χ3v) is 3.18. The first kappa shape index (κ1) is 14.5. The summed E-state index contributed by atoms with van der Waals surface area (Å²) in [5.74, 6) is 1.95. The fourth-order valence-electron chi connectivity index (χ4n) is 2.09. The molecule has 20 heavy (non-hydrogen) atoms. The van der Waals surface area contributed by atoms with Crippen molar-refractivity contribution >= 4 is 5.82 Å². The largest absolute Gasteiger partial charge is 0.363 e. The maximum Gasteiger partial charge on any atom is 0.141 e. The van der Waals surface area contributed by atoms with Crippen molar-refractivity contribution in [3.63, 3.8) is 0 Å². The minimum atomic E-state index is 0.958. The van der Waals surface area contributed by atoms with Crippen LogP contribution < -0.4 is 4.90 Å². The number of aromatic nitrogens is 3. The predicted molar refractivity (Wildman–Crippen MR) is 83.0 cm³/mol. The average molecular weight is 273 g/mol. The Morgan fingerprint density at radius 3 is 2.50 bits per heavy atom. The Balaban J connectivity index is 2.10. The van der Waals surface area contributed by atoms with Crippen molar-refractivity contribution in [1.82, 2.24) is 19.4 Å². The summed E-state index contributed by atoms with van der Waals surface area (Å²) in [5, 5.41) is 0. The zero-order chi connectivity index (χ0) is 14.5. The zero-order valence-electron chi connectivity index (χ0n) is 12.7. The van der Waals surface area contributed by atoms with Gasteiger partial charge in [0.05, 0.1) is 0 Å². The van der Waals surface area contributed by atoms with Gasteiger partial charge in [0.2, 0.25) is 0 Å². The molecule has 2 aromatic heterocycles. The fraction of sp³-hybridized carbons (Fsp3) is 0.467. The maximum absolute atomic E-state index is 4.45. The Morgan fingerprint density at radius 2 is 1.90 bits per heavy atom. The lowest BCUT2D eigenvalue weighted by Crippen LogP contribution is -2.15. The Hall–Kier alpha value is -1.88. The standard InChI is InChI=1S/C15H23N5/c1-18(2)9-5-10-20-11-8-16-15(20)13-6-7-14(17-12-13)19(3)4/h6-8,11-12H,5,9-10H2,1-4H3. The number of nitrogens with zero attached hydrogens (tertiary/aromatic N) is 5. The Kier molecular flexibility index (Phi) is 4.74. The lowest BCUT2D eigenvalue weighted by Gasteiger charge is -2.13. The third-order valence-electron chi connectivity index (χ3n) is 3.18. The van der Waals surface area contributed by atoms with Crippen molar-refractivity contribution in [3.05, 3.63) is 30.7 Å². The van der Waals surface area contributed by atoms with Crippen molar-refractivity contribution in [2.45, 2.75) is 13.0 Å². The van der Waals surface area contributed by atoms with E-state index in [1.54, 1.807) is 0 Å². The number of pyridine rings is 1. The summed E-state index contributed by atoms with van der Waals surface area (Å²) in [7, 11) is 8.17. The molecule has 0 aliphatic heterocycles. The van der Waals surface area contributed by atoms with Crippen LogP contribution in [0.5, 0.6) is 0 Å². The van der Waals surface area contributed by atoms with Crippen molar-refractivity contribution in [2.75, 3.05) is 39.6 Å². The second-order valence-corrected chi connectivity index (χ2v) is 5.40. The van der Waals surface area contributed by atoms with Gasteiger partial charge in [0, 0.05) is 44.8 Å². The number of hydrogen-bond acceptors (Lipinski definition) is 4. The minimum Gasteiger partial charge on any atom is -0.363 e. The summed E-state index contributed by atoms with van der Waals surface area (Å²) in [6.07, 6.45) is 6.88. The van der Waals surface area contributed by atoms with Crippen LogP contribution in [0.25, 0.3) is 11.4 Å². The first-order chi connectivity index (χ1) is 9.58. The molecular weight excluding hydrogens is 250 g/mol. The highest BCUT2D eigenvalue weighted by atomic mass is 15.1. The van der Waals surface area contributed by atoms with Gasteiger partial charge >= 0.3 is 0 Å². The van der Waals surface area contributed by atoms with Crippen LogP contribution in [0.2, 0.25) is 0 Å². The van der Waals surface area contributed by atoms with Crippen LogP contribution >= 0.6 is 0 Å². The highest BCUT2D eigenvalue weighted by molar-refractivity contribution is 5.56. The smallest absolute Gasteiger partial charge is 0.141 e.